The molecule has 1 aromatic heterocycles. The third kappa shape index (κ3) is 14.0. The molecule has 0 radical (unpaired) electrons. The largest absolute Gasteiger partial charge is 0.490 e. The number of carboxylic acid groups (broad SMARTS) is 2. The lowest BCUT2D eigenvalue weighted by Gasteiger charge is -2.36. The van der Waals surface area contributed by atoms with Crippen LogP contribution >= 0.6 is 11.8 Å². The average molecular weight is 877 g/mol. The molecule has 0 saturated carbocycles. The minimum Gasteiger partial charge on any atom is -0.481 e. The maximum Gasteiger partial charge on any atom is 0.490 e. The molecule has 10 nitrogen and oxygen atoms in total. The summed E-state index contributed by atoms with van der Waals surface area (Å²) in [6.45, 7) is 0.651. The third-order valence-electron chi connectivity index (χ3n) is 9.82. The Hall–Kier alpha value is -6.93. The van der Waals surface area contributed by atoms with Gasteiger partial charge < -0.3 is 26.2 Å². The predicted molar refractivity (Wildman–Crippen MR) is 239 cm³/mol. The van der Waals surface area contributed by atoms with Gasteiger partial charge in [-0.3, -0.25) is 14.4 Å². The first-order valence-electron chi connectivity index (χ1n) is 20.1. The Balaban J connectivity index is 0.000000985. The topological polar surface area (TPSA) is 158 Å². The summed E-state index contributed by atoms with van der Waals surface area (Å²) in [5, 5.41) is 26.4. The minimum atomic E-state index is -5.08. The van der Waals surface area contributed by atoms with Crippen molar-refractivity contribution in [3.63, 3.8) is 0 Å². The summed E-state index contributed by atoms with van der Waals surface area (Å²) < 4.78 is 31.0. The van der Waals surface area contributed by atoms with E-state index in [4.69, 9.17) is 9.90 Å². The molecular weight excluding hydrogens is 830 g/mol. The lowest BCUT2D eigenvalue weighted by molar-refractivity contribution is -0.192. The van der Waals surface area contributed by atoms with E-state index in [-0.39, 0.29) is 24.5 Å². The number of thioether (sulfide) groups is 1. The van der Waals surface area contributed by atoms with Gasteiger partial charge in [-0.1, -0.05) is 152 Å². The number of halogens is 3. The van der Waals surface area contributed by atoms with E-state index in [1.807, 2.05) is 127 Å². The van der Waals surface area contributed by atoms with Gasteiger partial charge in [-0.25, -0.2) is 9.78 Å². The van der Waals surface area contributed by atoms with Crippen molar-refractivity contribution in [2.45, 2.75) is 48.7 Å². The number of aromatic nitrogens is 1. The first kappa shape index (κ1) is 47.1. The van der Waals surface area contributed by atoms with Gasteiger partial charge in [0, 0.05) is 24.9 Å². The van der Waals surface area contributed by atoms with Crippen LogP contribution in [0.5, 0.6) is 0 Å². The molecule has 63 heavy (non-hydrogen) atoms. The van der Waals surface area contributed by atoms with Crippen molar-refractivity contribution >= 4 is 41.3 Å². The number of rotatable bonds is 19. The van der Waals surface area contributed by atoms with Crippen molar-refractivity contribution in [3.05, 3.63) is 192 Å². The van der Waals surface area contributed by atoms with Gasteiger partial charge >= 0.3 is 18.1 Å². The van der Waals surface area contributed by atoms with Crippen LogP contribution in [-0.2, 0) is 23.9 Å². The fourth-order valence-corrected chi connectivity index (χ4v) is 8.32. The minimum absolute atomic E-state index is 0.199. The highest BCUT2D eigenvalue weighted by Gasteiger charge is 2.39. The van der Waals surface area contributed by atoms with Gasteiger partial charge in [0.1, 0.15) is 11.9 Å². The lowest BCUT2D eigenvalue weighted by atomic mass is 9.84. The maximum absolute atomic E-state index is 14.4. The fourth-order valence-electron chi connectivity index (χ4n) is 6.76. The Morgan fingerprint density at radius 2 is 1.11 bits per heavy atom. The summed E-state index contributed by atoms with van der Waals surface area (Å²) in [4.78, 5) is 53.4. The smallest absolute Gasteiger partial charge is 0.481 e. The van der Waals surface area contributed by atoms with Crippen LogP contribution in [0.1, 0.15) is 54.0 Å². The molecule has 0 saturated heterocycles. The molecule has 1 unspecified atom stereocenters. The van der Waals surface area contributed by atoms with Crippen molar-refractivity contribution < 1.29 is 42.6 Å². The first-order valence-corrected chi connectivity index (χ1v) is 21.1. The van der Waals surface area contributed by atoms with E-state index in [0.717, 1.165) is 40.1 Å². The standard InChI is InChI=1S/C47H46N4O4S.C2HF3O2/c52-44(26-14-16-32-49-43-25-13-15-31-48-43)50-42(46(55)51-41(33-45(53)54)37-29-27-36(28-30-37)35-17-5-1-6-18-35)34-56-47(38-19-7-2-8-20-38,39-21-9-3-10-22-39)40-23-11-4-12-24-40;3-2(4,5)1(6)7/h1-13,15,17-25,27-31,41-42H,14,16,26,32-34H2,(H,48,49)(H,50,52)(H,51,55)(H,53,54);(H,6,7)/t41?,42-;/m0./s1. The molecule has 0 bridgehead atoms. The van der Waals surface area contributed by atoms with E-state index in [2.05, 4.69) is 57.3 Å². The van der Waals surface area contributed by atoms with Crippen molar-refractivity contribution in [3.8, 4) is 11.1 Å². The molecule has 14 heteroatoms. The second kappa shape index (κ2) is 23.3. The summed E-state index contributed by atoms with van der Waals surface area (Å²) in [7, 11) is 0. The Morgan fingerprint density at radius 3 is 1.59 bits per heavy atom. The molecule has 0 aliphatic carbocycles. The van der Waals surface area contributed by atoms with Crippen LogP contribution in [0.2, 0.25) is 0 Å². The van der Waals surface area contributed by atoms with Crippen LogP contribution in [0.4, 0.5) is 19.0 Å². The van der Waals surface area contributed by atoms with Gasteiger partial charge in [0.25, 0.3) is 0 Å². The van der Waals surface area contributed by atoms with Crippen molar-refractivity contribution in [1.82, 2.24) is 15.6 Å². The number of hydrogen-bond acceptors (Lipinski definition) is 7. The van der Waals surface area contributed by atoms with Crippen LogP contribution < -0.4 is 16.0 Å². The Bertz CT molecular complexity index is 2250. The zero-order valence-corrected chi connectivity index (χ0v) is 34.9. The van der Waals surface area contributed by atoms with Crippen molar-refractivity contribution in [2.75, 3.05) is 17.6 Å². The normalized spacial score (nSPS) is 12.1. The summed E-state index contributed by atoms with van der Waals surface area (Å²) in [6, 6.07) is 51.8. The highest BCUT2D eigenvalue weighted by atomic mass is 32.2. The molecule has 0 fully saturated rings. The highest BCUT2D eigenvalue weighted by molar-refractivity contribution is 8.00. The molecule has 0 spiro atoms. The zero-order chi connectivity index (χ0) is 45.1. The SMILES string of the molecule is O=C(O)C(F)(F)F.O=C(O)CC(NC(=O)[C@H](CSC(c1ccccc1)(c1ccccc1)c1ccccc1)NC(=O)CCCCNc1ccccn1)c1ccc(-c2ccccc2)cc1. The number of anilines is 1. The van der Waals surface area contributed by atoms with Crippen LogP contribution in [0, 0.1) is 0 Å². The van der Waals surface area contributed by atoms with E-state index in [0.29, 0.717) is 18.5 Å². The van der Waals surface area contributed by atoms with E-state index in [9.17, 15) is 32.7 Å². The van der Waals surface area contributed by atoms with Gasteiger partial charge in [-0.15, -0.1) is 11.8 Å². The van der Waals surface area contributed by atoms with Crippen LogP contribution in [0.15, 0.2) is 170 Å². The van der Waals surface area contributed by atoms with Crippen LogP contribution in [0.3, 0.4) is 0 Å². The first-order chi connectivity index (χ1) is 30.4. The van der Waals surface area contributed by atoms with E-state index in [1.54, 1.807) is 18.0 Å². The third-order valence-corrected chi connectivity index (χ3v) is 11.5. The number of nitrogens with one attached hydrogen (secondary N) is 3. The summed E-state index contributed by atoms with van der Waals surface area (Å²) in [5.74, 6) is -3.54. The summed E-state index contributed by atoms with van der Waals surface area (Å²) >= 11 is 1.56. The molecule has 5 aromatic carbocycles. The molecule has 0 aliphatic rings. The quantitative estimate of drug-likeness (QED) is 0.0395. The molecule has 1 heterocycles. The number of pyridine rings is 1. The monoisotopic (exact) mass is 876 g/mol. The van der Waals surface area contributed by atoms with Gasteiger partial charge in [0.15, 0.2) is 0 Å². The number of carboxylic acids is 2. The second-order valence-corrected chi connectivity index (χ2v) is 15.5. The Kier molecular flexibility index (Phi) is 17.5. The van der Waals surface area contributed by atoms with E-state index in [1.165, 1.54) is 0 Å². The molecule has 5 N–H and O–H groups in total. The number of hydrogen-bond donors (Lipinski definition) is 5. The Labute approximate surface area is 368 Å². The summed E-state index contributed by atoms with van der Waals surface area (Å²) in [6.07, 6.45) is -2.13. The van der Waals surface area contributed by atoms with Crippen molar-refractivity contribution in [1.29, 1.82) is 0 Å². The van der Waals surface area contributed by atoms with Gasteiger partial charge in [0.05, 0.1) is 17.2 Å². The fraction of sp³-hybridized carbons (Fsp3) is 0.204. The van der Waals surface area contributed by atoms with E-state index < -0.39 is 40.9 Å². The molecule has 326 valence electrons. The molecular formula is C49H47F3N4O6S. The second-order valence-electron chi connectivity index (χ2n) is 14.3. The van der Waals surface area contributed by atoms with Gasteiger partial charge in [-0.05, 0) is 58.4 Å². The molecule has 2 atom stereocenters. The number of carbonyl (C=O) groups is 4. The molecule has 0 aliphatic heterocycles. The van der Waals surface area contributed by atoms with Gasteiger partial charge in [-0.2, -0.15) is 13.2 Å². The zero-order valence-electron chi connectivity index (χ0n) is 34.1. The predicted octanol–water partition coefficient (Wildman–Crippen LogP) is 9.51. The maximum atomic E-state index is 14.4. The number of aliphatic carboxylic acids is 2. The molecule has 2 amide bonds. The number of nitrogens with zero attached hydrogens (tertiary/aromatic N) is 1. The molecule has 6 rings (SSSR count). The lowest BCUT2D eigenvalue weighted by Crippen LogP contribution is -2.50. The average Bonchev–Trinajstić information content (AvgIpc) is 3.30. The van der Waals surface area contributed by atoms with Crippen LogP contribution in [-0.4, -0.2) is 63.5 Å². The van der Waals surface area contributed by atoms with Gasteiger partial charge in [0.2, 0.25) is 11.8 Å². The number of alkyl halides is 3. The molecule has 6 aromatic rings. The summed E-state index contributed by atoms with van der Waals surface area (Å²) in [5.41, 5.74) is 5.74. The van der Waals surface area contributed by atoms with E-state index >= 15 is 0 Å². The Morgan fingerprint density at radius 1 is 0.619 bits per heavy atom. The number of amides is 2. The van der Waals surface area contributed by atoms with Crippen molar-refractivity contribution in [2.24, 2.45) is 0 Å². The number of carbonyl (C=O) groups excluding carboxylic acids is 2. The number of benzene rings is 5. The number of unbranched alkanes of at least 4 members (excludes halogenated alkanes) is 1. The highest BCUT2D eigenvalue weighted by Crippen LogP contribution is 2.48. The van der Waals surface area contributed by atoms with Crippen LogP contribution in [0.25, 0.3) is 11.1 Å².